The molecule has 0 aliphatic heterocycles. The van der Waals surface area contributed by atoms with Crippen LogP contribution in [0.25, 0.3) is 94.7 Å². The molecule has 234 valence electrons. The normalized spacial score (nSPS) is 16.1. The summed E-state index contributed by atoms with van der Waals surface area (Å²) in [6.45, 7) is 0. The van der Waals surface area contributed by atoms with Crippen molar-refractivity contribution in [1.29, 1.82) is 0 Å². The average molecular weight is 657 g/mol. The number of aromatic nitrogens is 4. The zero-order valence-corrected chi connectivity index (χ0v) is 25.6. The smallest absolute Gasteiger partial charge is 0.164 e. The zero-order valence-electron chi connectivity index (χ0n) is 41.6. The van der Waals surface area contributed by atoms with E-state index in [0.717, 1.165) is 15.3 Å². The highest BCUT2D eigenvalue weighted by atomic mass is 16.3. The fourth-order valence-corrected chi connectivity index (χ4v) is 5.99. The molecule has 5 heteroatoms. The predicted molar refractivity (Wildman–Crippen MR) is 203 cm³/mol. The van der Waals surface area contributed by atoms with Crippen LogP contribution in [0, 0.1) is 0 Å². The first-order valence-electron chi connectivity index (χ1n) is 23.4. The van der Waals surface area contributed by atoms with Crippen molar-refractivity contribution in [3.8, 4) is 51.0 Å². The van der Waals surface area contributed by atoms with Crippen molar-refractivity contribution in [2.75, 3.05) is 0 Å². The first kappa shape index (κ1) is 16.5. The maximum absolute atomic E-state index is 9.75. The molecule has 0 radical (unpaired) electrons. The van der Waals surface area contributed by atoms with Crippen molar-refractivity contribution in [2.45, 2.75) is 0 Å². The molecule has 0 spiro atoms. The molecule has 0 aliphatic rings. The topological polar surface area (TPSA) is 56.7 Å². The van der Waals surface area contributed by atoms with Crippen LogP contribution in [0.3, 0.4) is 0 Å². The van der Waals surface area contributed by atoms with Gasteiger partial charge in [-0.15, -0.1) is 0 Å². The van der Waals surface area contributed by atoms with Gasteiger partial charge in [-0.05, 0) is 59.5 Å². The molecule has 0 aliphatic carbocycles. The minimum absolute atomic E-state index is 0.0864. The lowest BCUT2D eigenvalue weighted by Gasteiger charge is -2.11. The number of nitrogens with zero attached hydrogens (tertiary/aromatic N) is 4. The van der Waals surface area contributed by atoms with Gasteiger partial charge >= 0.3 is 0 Å². The van der Waals surface area contributed by atoms with Gasteiger partial charge in [-0.25, -0.2) is 15.0 Å². The van der Waals surface area contributed by atoms with Crippen molar-refractivity contribution in [3.05, 3.63) is 169 Å². The molecular formula is C45H28N4O. The van der Waals surface area contributed by atoms with Gasteiger partial charge in [0.15, 0.2) is 17.5 Å². The van der Waals surface area contributed by atoms with E-state index in [1.165, 1.54) is 0 Å². The first-order valence-corrected chi connectivity index (χ1v) is 15.4. The van der Waals surface area contributed by atoms with Gasteiger partial charge in [0.25, 0.3) is 0 Å². The Hall–Kier alpha value is -6.85. The Kier molecular flexibility index (Phi) is 3.76. The lowest BCUT2D eigenvalue weighted by molar-refractivity contribution is 0.669. The highest BCUT2D eigenvalue weighted by molar-refractivity contribution is 6.10. The Bertz CT molecular complexity index is 3770. The van der Waals surface area contributed by atoms with Gasteiger partial charge in [-0.1, -0.05) is 121 Å². The molecule has 0 saturated carbocycles. The first-order chi connectivity index (χ1) is 31.4. The Morgan fingerprint density at radius 3 is 2.00 bits per heavy atom. The molecule has 0 unspecified atom stereocenters. The van der Waals surface area contributed by atoms with Crippen molar-refractivity contribution < 1.29 is 26.3 Å². The van der Waals surface area contributed by atoms with Gasteiger partial charge in [0.05, 0.1) is 33.0 Å². The van der Waals surface area contributed by atoms with Crippen LogP contribution in [0.4, 0.5) is 0 Å². The fraction of sp³-hybridized carbons (Fsp3) is 0. The molecular weight excluding hydrogens is 613 g/mol. The minimum atomic E-state index is -0.814. The Morgan fingerprint density at radius 2 is 1.12 bits per heavy atom. The van der Waals surface area contributed by atoms with Crippen LogP contribution < -0.4 is 0 Å². The second-order valence-corrected chi connectivity index (χ2v) is 11.2. The number of fused-ring (bicyclic) bond motifs is 6. The van der Waals surface area contributed by atoms with E-state index in [4.69, 9.17) is 30.8 Å². The molecule has 3 heterocycles. The predicted octanol–water partition coefficient (Wildman–Crippen LogP) is 11.5. The molecule has 10 rings (SSSR count). The number of hydrogen-bond donors (Lipinski definition) is 0. The lowest BCUT2D eigenvalue weighted by atomic mass is 10.0. The van der Waals surface area contributed by atoms with E-state index >= 15 is 0 Å². The van der Waals surface area contributed by atoms with Crippen molar-refractivity contribution >= 4 is 43.7 Å². The van der Waals surface area contributed by atoms with E-state index in [9.17, 15) is 5.48 Å². The summed E-state index contributed by atoms with van der Waals surface area (Å²) in [7, 11) is 0. The summed E-state index contributed by atoms with van der Waals surface area (Å²) in [5.41, 5.74) is -1.01. The van der Waals surface area contributed by atoms with Crippen LogP contribution in [0.15, 0.2) is 174 Å². The van der Waals surface area contributed by atoms with Gasteiger partial charge < -0.3 is 8.98 Å². The van der Waals surface area contributed by atoms with Crippen LogP contribution in [-0.4, -0.2) is 19.5 Å². The molecule has 10 aromatic rings. The molecule has 0 saturated heterocycles. The summed E-state index contributed by atoms with van der Waals surface area (Å²) < 4.78 is 150. The lowest BCUT2D eigenvalue weighted by Crippen LogP contribution is -2.00. The third-order valence-corrected chi connectivity index (χ3v) is 8.27. The van der Waals surface area contributed by atoms with E-state index in [1.807, 2.05) is 30.3 Å². The Labute approximate surface area is 310 Å². The standard InChI is InChI=1S/C45H28N4O/c1-3-12-29(13-4-1)43-46-44(48-45(47-43)33-23-25-38-37-19-8-10-21-41(37)50-42(38)28-33)32-15-11-14-30(26-32)31-22-24-36-35-18-7-9-20-39(35)49(40(36)27-31)34-16-5-2-6-17-34/h1-28H/i2D,5D,6D,7D,9D,11D,14D,15D,16D,17D,18D,20D,22D,24D,26D,27D. The maximum atomic E-state index is 9.75. The summed E-state index contributed by atoms with van der Waals surface area (Å²) in [6, 6.07) is 9.42. The maximum Gasteiger partial charge on any atom is 0.164 e. The average Bonchev–Trinajstić information content (AvgIpc) is 3.88. The molecule has 0 fully saturated rings. The van der Waals surface area contributed by atoms with E-state index in [-0.39, 0.29) is 22.9 Å². The SMILES string of the molecule is [2H]c1c([2H])c([2H])c(-n2c3c([2H])c([2H])c([2H])c([2H])c3c3c([2H])c([2H])c(-c4c([2H])c([2H])c([2H])c(-c5nc(-c6ccccc6)nc(-c6ccc7c(c6)oc6ccccc67)n5)c4[2H])c([2H])c32)c([2H])c1[2H]. The summed E-state index contributed by atoms with van der Waals surface area (Å²) in [5.74, 6) is -0.0822. The van der Waals surface area contributed by atoms with E-state index in [1.54, 1.807) is 42.5 Å². The Balaban J connectivity index is 1.30. The molecule has 0 amide bonds. The quantitative estimate of drug-likeness (QED) is 0.185. The molecule has 7 aromatic carbocycles. The van der Waals surface area contributed by atoms with Crippen LogP contribution >= 0.6 is 0 Å². The Morgan fingerprint density at radius 1 is 0.440 bits per heavy atom. The molecule has 0 atom stereocenters. The fourth-order valence-electron chi connectivity index (χ4n) is 5.99. The van der Waals surface area contributed by atoms with Gasteiger partial charge in [0, 0.05) is 43.9 Å². The third-order valence-electron chi connectivity index (χ3n) is 8.27. The van der Waals surface area contributed by atoms with E-state index in [2.05, 4.69) is 4.98 Å². The van der Waals surface area contributed by atoms with Crippen LogP contribution in [0.5, 0.6) is 0 Å². The van der Waals surface area contributed by atoms with Gasteiger partial charge in [0.1, 0.15) is 11.2 Å². The number of furan rings is 1. The summed E-state index contributed by atoms with van der Waals surface area (Å²) >= 11 is 0. The van der Waals surface area contributed by atoms with Crippen LogP contribution in [0.2, 0.25) is 0 Å². The summed E-state index contributed by atoms with van der Waals surface area (Å²) in [6.07, 6.45) is 0. The highest BCUT2D eigenvalue weighted by Gasteiger charge is 2.16. The van der Waals surface area contributed by atoms with Crippen molar-refractivity contribution in [1.82, 2.24) is 19.5 Å². The molecule has 0 N–H and O–H groups in total. The highest BCUT2D eigenvalue weighted by Crippen LogP contribution is 2.36. The number of benzene rings is 7. The van der Waals surface area contributed by atoms with Gasteiger partial charge in [-0.2, -0.15) is 0 Å². The third kappa shape index (κ3) is 4.67. The van der Waals surface area contributed by atoms with Crippen LogP contribution in [-0.2, 0) is 0 Å². The molecule has 3 aromatic heterocycles. The molecule has 50 heavy (non-hydrogen) atoms. The second kappa shape index (κ2) is 11.4. The largest absolute Gasteiger partial charge is 0.456 e. The molecule has 5 nitrogen and oxygen atoms in total. The van der Waals surface area contributed by atoms with Crippen molar-refractivity contribution in [2.24, 2.45) is 0 Å². The van der Waals surface area contributed by atoms with E-state index < -0.39 is 135 Å². The minimum Gasteiger partial charge on any atom is -0.456 e. The van der Waals surface area contributed by atoms with Gasteiger partial charge in [0.2, 0.25) is 0 Å². The molecule has 0 bridgehead atoms. The van der Waals surface area contributed by atoms with Gasteiger partial charge in [-0.3, -0.25) is 0 Å². The monoisotopic (exact) mass is 656 g/mol. The second-order valence-electron chi connectivity index (χ2n) is 11.2. The summed E-state index contributed by atoms with van der Waals surface area (Å²) in [5, 5.41) is 0.932. The van der Waals surface area contributed by atoms with Crippen LogP contribution in [0.1, 0.15) is 21.9 Å². The number of para-hydroxylation sites is 3. The summed E-state index contributed by atoms with van der Waals surface area (Å²) in [4.78, 5) is 14.1. The number of hydrogen-bond acceptors (Lipinski definition) is 4. The zero-order chi connectivity index (χ0) is 46.9. The van der Waals surface area contributed by atoms with E-state index in [0.29, 0.717) is 22.3 Å². The number of rotatable bonds is 5. The van der Waals surface area contributed by atoms with Crippen molar-refractivity contribution in [3.63, 3.8) is 0 Å².